The first-order chi connectivity index (χ1) is 8.25. The summed E-state index contributed by atoms with van der Waals surface area (Å²) in [6.45, 7) is 5.36. The average Bonchev–Trinajstić information content (AvgIpc) is 2.64. The Hall–Kier alpha value is -0.440. The van der Waals surface area contributed by atoms with E-state index in [1.807, 2.05) is 6.33 Å². The molecule has 1 aromatic heterocycles. The third-order valence-corrected chi connectivity index (χ3v) is 3.72. The van der Waals surface area contributed by atoms with Crippen LogP contribution in [0, 0.1) is 13.8 Å². The molecule has 2 nitrogen and oxygen atoms in total. The van der Waals surface area contributed by atoms with Gasteiger partial charge in [0.15, 0.2) is 0 Å². The van der Waals surface area contributed by atoms with Gasteiger partial charge in [-0.15, -0.1) is 0 Å². The number of thiol groups is 1. The van der Waals surface area contributed by atoms with E-state index in [1.165, 1.54) is 50.6 Å². The summed E-state index contributed by atoms with van der Waals surface area (Å²) in [5.74, 6) is 1.04. The Balaban J connectivity index is 1.99. The number of nitrogens with zero attached hydrogens (tertiary/aromatic N) is 2. The second-order valence-electron chi connectivity index (χ2n) is 4.81. The average molecular weight is 254 g/mol. The Bertz CT molecular complexity index is 307. The molecule has 0 bridgehead atoms. The van der Waals surface area contributed by atoms with E-state index in [1.54, 1.807) is 0 Å². The van der Waals surface area contributed by atoms with Crippen molar-refractivity contribution in [3.8, 4) is 0 Å². The molecule has 0 saturated carbocycles. The number of aryl methyl sites for hydroxylation is 2. The van der Waals surface area contributed by atoms with Gasteiger partial charge < -0.3 is 4.57 Å². The minimum atomic E-state index is 1.04. The Morgan fingerprint density at radius 2 is 1.59 bits per heavy atom. The van der Waals surface area contributed by atoms with Crippen LogP contribution < -0.4 is 0 Å². The second kappa shape index (κ2) is 8.62. The van der Waals surface area contributed by atoms with Crippen LogP contribution in [0.1, 0.15) is 56.3 Å². The molecule has 0 saturated heterocycles. The molecule has 0 N–H and O–H groups in total. The molecule has 0 fully saturated rings. The normalized spacial score (nSPS) is 11.0. The van der Waals surface area contributed by atoms with E-state index >= 15 is 0 Å². The van der Waals surface area contributed by atoms with E-state index in [0.717, 1.165) is 18.0 Å². The van der Waals surface area contributed by atoms with Gasteiger partial charge in [-0.3, -0.25) is 0 Å². The molecular weight excluding hydrogens is 228 g/mol. The van der Waals surface area contributed by atoms with E-state index in [0.29, 0.717) is 0 Å². The fourth-order valence-electron chi connectivity index (χ4n) is 2.05. The first-order valence-electron chi connectivity index (χ1n) is 6.85. The molecule has 0 spiro atoms. The minimum absolute atomic E-state index is 1.04. The highest BCUT2D eigenvalue weighted by Gasteiger charge is 2.00. The first-order valence-corrected chi connectivity index (χ1v) is 7.48. The zero-order valence-electron chi connectivity index (χ0n) is 11.3. The van der Waals surface area contributed by atoms with E-state index in [9.17, 15) is 0 Å². The van der Waals surface area contributed by atoms with Crippen molar-refractivity contribution in [2.45, 2.75) is 65.3 Å². The van der Waals surface area contributed by atoms with E-state index in [4.69, 9.17) is 0 Å². The van der Waals surface area contributed by atoms with Crippen molar-refractivity contribution in [2.75, 3.05) is 5.75 Å². The summed E-state index contributed by atoms with van der Waals surface area (Å²) < 4.78 is 2.27. The molecule has 0 aromatic carbocycles. The fourth-order valence-corrected chi connectivity index (χ4v) is 2.27. The summed E-state index contributed by atoms with van der Waals surface area (Å²) in [6.07, 6.45) is 11.4. The summed E-state index contributed by atoms with van der Waals surface area (Å²) in [6, 6.07) is 0. The molecule has 1 aromatic rings. The first kappa shape index (κ1) is 14.6. The molecule has 0 aliphatic heterocycles. The summed E-state index contributed by atoms with van der Waals surface area (Å²) in [7, 11) is 0. The topological polar surface area (TPSA) is 17.8 Å². The van der Waals surface area contributed by atoms with E-state index in [2.05, 4.69) is 36.0 Å². The third kappa shape index (κ3) is 5.62. The molecule has 0 aliphatic rings. The monoisotopic (exact) mass is 254 g/mol. The van der Waals surface area contributed by atoms with Crippen molar-refractivity contribution in [1.82, 2.24) is 9.55 Å². The molecular formula is C14H26N2S. The summed E-state index contributed by atoms with van der Waals surface area (Å²) in [5.41, 5.74) is 2.48. The number of hydrogen-bond acceptors (Lipinski definition) is 2. The highest BCUT2D eigenvalue weighted by atomic mass is 32.1. The largest absolute Gasteiger partial charge is 0.335 e. The van der Waals surface area contributed by atoms with Crippen molar-refractivity contribution in [2.24, 2.45) is 0 Å². The second-order valence-corrected chi connectivity index (χ2v) is 5.25. The van der Waals surface area contributed by atoms with Crippen LogP contribution in [0.25, 0.3) is 0 Å². The van der Waals surface area contributed by atoms with Crippen LogP contribution in [0.3, 0.4) is 0 Å². The Morgan fingerprint density at radius 1 is 1.00 bits per heavy atom. The lowest BCUT2D eigenvalue weighted by Gasteiger charge is -2.05. The van der Waals surface area contributed by atoms with Gasteiger partial charge >= 0.3 is 0 Å². The molecule has 0 unspecified atom stereocenters. The number of rotatable bonds is 9. The molecule has 3 heteroatoms. The maximum Gasteiger partial charge on any atom is 0.0951 e. The summed E-state index contributed by atoms with van der Waals surface area (Å²) in [5, 5.41) is 0. The zero-order chi connectivity index (χ0) is 12.5. The maximum atomic E-state index is 4.32. The summed E-state index contributed by atoms with van der Waals surface area (Å²) in [4.78, 5) is 4.32. The highest BCUT2D eigenvalue weighted by Crippen LogP contribution is 2.10. The van der Waals surface area contributed by atoms with Gasteiger partial charge in [-0.1, -0.05) is 32.1 Å². The number of aromatic nitrogens is 2. The van der Waals surface area contributed by atoms with Gasteiger partial charge in [-0.25, -0.2) is 4.98 Å². The van der Waals surface area contributed by atoms with Gasteiger partial charge in [-0.2, -0.15) is 12.6 Å². The molecule has 98 valence electrons. The van der Waals surface area contributed by atoms with Gasteiger partial charge in [0.25, 0.3) is 0 Å². The van der Waals surface area contributed by atoms with E-state index < -0.39 is 0 Å². The molecule has 0 radical (unpaired) electrons. The predicted octanol–water partition coefficient (Wildman–Crippen LogP) is 4.16. The molecule has 0 amide bonds. The van der Waals surface area contributed by atoms with Crippen LogP contribution in [-0.2, 0) is 6.54 Å². The smallest absolute Gasteiger partial charge is 0.0951 e. The van der Waals surface area contributed by atoms with Crippen LogP contribution in [0.2, 0.25) is 0 Å². The third-order valence-electron chi connectivity index (χ3n) is 3.40. The molecule has 17 heavy (non-hydrogen) atoms. The number of unbranched alkanes of at least 4 members (excludes halogenated alkanes) is 6. The SMILES string of the molecule is Cc1ncn(CCCCCCCCCS)c1C. The molecule has 1 rings (SSSR count). The van der Waals surface area contributed by atoms with Gasteiger partial charge in [0, 0.05) is 12.2 Å². The van der Waals surface area contributed by atoms with Crippen molar-refractivity contribution in [3.63, 3.8) is 0 Å². The Kier molecular flexibility index (Phi) is 7.41. The predicted molar refractivity (Wildman–Crippen MR) is 77.9 cm³/mol. The van der Waals surface area contributed by atoms with Gasteiger partial charge in [0.1, 0.15) is 0 Å². The van der Waals surface area contributed by atoms with Crippen molar-refractivity contribution in [3.05, 3.63) is 17.7 Å². The minimum Gasteiger partial charge on any atom is -0.335 e. The van der Waals surface area contributed by atoms with Crippen LogP contribution in [0.15, 0.2) is 6.33 Å². The van der Waals surface area contributed by atoms with Crippen molar-refractivity contribution in [1.29, 1.82) is 0 Å². The lowest BCUT2D eigenvalue weighted by Crippen LogP contribution is -1.99. The standard InChI is InChI=1S/C14H26N2S/c1-13-14(2)16(12-15-13)10-8-6-4-3-5-7-9-11-17/h12,17H,3-11H2,1-2H3. The maximum absolute atomic E-state index is 4.32. The number of imidazole rings is 1. The van der Waals surface area contributed by atoms with Crippen molar-refractivity contribution >= 4 is 12.6 Å². The van der Waals surface area contributed by atoms with Crippen molar-refractivity contribution < 1.29 is 0 Å². The summed E-state index contributed by atoms with van der Waals surface area (Å²) >= 11 is 4.22. The van der Waals surface area contributed by atoms with Crippen LogP contribution in [0.4, 0.5) is 0 Å². The van der Waals surface area contributed by atoms with Crippen LogP contribution >= 0.6 is 12.6 Å². The number of hydrogen-bond donors (Lipinski definition) is 1. The molecule has 0 aliphatic carbocycles. The Labute approximate surface area is 111 Å². The van der Waals surface area contributed by atoms with Crippen LogP contribution in [-0.4, -0.2) is 15.3 Å². The fraction of sp³-hybridized carbons (Fsp3) is 0.786. The zero-order valence-corrected chi connectivity index (χ0v) is 12.2. The van der Waals surface area contributed by atoms with Crippen LogP contribution in [0.5, 0.6) is 0 Å². The van der Waals surface area contributed by atoms with Gasteiger partial charge in [-0.05, 0) is 32.4 Å². The Morgan fingerprint density at radius 3 is 2.12 bits per heavy atom. The van der Waals surface area contributed by atoms with Gasteiger partial charge in [0.2, 0.25) is 0 Å². The lowest BCUT2D eigenvalue weighted by atomic mass is 10.1. The highest BCUT2D eigenvalue weighted by molar-refractivity contribution is 7.80. The lowest BCUT2D eigenvalue weighted by molar-refractivity contribution is 0.546. The molecule has 0 atom stereocenters. The van der Waals surface area contributed by atoms with E-state index in [-0.39, 0.29) is 0 Å². The molecule has 1 heterocycles. The quantitative estimate of drug-likeness (QED) is 0.517. The van der Waals surface area contributed by atoms with Gasteiger partial charge in [0.05, 0.1) is 12.0 Å².